The molecule has 0 saturated heterocycles. The van der Waals surface area contributed by atoms with Gasteiger partial charge in [0.15, 0.2) is 0 Å². The van der Waals surface area contributed by atoms with Crippen molar-refractivity contribution in [3.63, 3.8) is 0 Å². The van der Waals surface area contributed by atoms with E-state index < -0.39 is 0 Å². The van der Waals surface area contributed by atoms with Gasteiger partial charge < -0.3 is 10.6 Å². The molecular weight excluding hydrogens is 310 g/mol. The number of hydrogen-bond donors (Lipinski definition) is 1. The molecule has 0 radical (unpaired) electrons. The molecule has 2 rings (SSSR count). The van der Waals surface area contributed by atoms with Gasteiger partial charge in [0.05, 0.1) is 11.4 Å². The summed E-state index contributed by atoms with van der Waals surface area (Å²) in [5.74, 6) is 0.970. The summed E-state index contributed by atoms with van der Waals surface area (Å²) >= 11 is 5.25. The fraction of sp³-hybridized carbons (Fsp3) is 0.308. The fourth-order valence-electron chi connectivity index (χ4n) is 1.65. The largest absolute Gasteiger partial charge is 0.397 e. The third-order valence-corrected chi connectivity index (χ3v) is 4.58. The maximum absolute atomic E-state index is 5.77. The average molecular weight is 326 g/mol. The van der Waals surface area contributed by atoms with E-state index in [-0.39, 0.29) is 0 Å². The van der Waals surface area contributed by atoms with Crippen LogP contribution in [0.25, 0.3) is 0 Å². The number of nitrogen functional groups attached to an aromatic ring is 1. The molecule has 2 heterocycles. The van der Waals surface area contributed by atoms with Gasteiger partial charge in [-0.25, -0.2) is 4.98 Å². The molecule has 0 atom stereocenters. The lowest BCUT2D eigenvalue weighted by molar-refractivity contribution is 0.865. The molecule has 0 fully saturated rings. The van der Waals surface area contributed by atoms with E-state index in [0.29, 0.717) is 0 Å². The molecule has 0 amide bonds. The molecule has 2 N–H and O–H groups in total. The summed E-state index contributed by atoms with van der Waals surface area (Å²) in [5.41, 5.74) is 7.40. The van der Waals surface area contributed by atoms with Gasteiger partial charge in [0.25, 0.3) is 0 Å². The topological polar surface area (TPSA) is 42.2 Å². The van der Waals surface area contributed by atoms with E-state index in [4.69, 9.17) is 5.73 Å². The first-order chi connectivity index (χ1) is 8.56. The van der Waals surface area contributed by atoms with Crippen molar-refractivity contribution < 1.29 is 0 Å². The summed E-state index contributed by atoms with van der Waals surface area (Å²) in [6, 6.07) is 6.04. The summed E-state index contributed by atoms with van der Waals surface area (Å²) < 4.78 is 1.16. The number of anilines is 2. The number of aromatic nitrogens is 1. The molecule has 0 unspecified atom stereocenters. The molecule has 0 spiro atoms. The molecular formula is C13H16BrN3S. The van der Waals surface area contributed by atoms with Crippen molar-refractivity contribution in [3.8, 4) is 0 Å². The van der Waals surface area contributed by atoms with Crippen LogP contribution < -0.4 is 10.6 Å². The number of thiophene rings is 1. The van der Waals surface area contributed by atoms with Crippen LogP contribution in [0.1, 0.15) is 10.6 Å². The lowest BCUT2D eigenvalue weighted by atomic mass is 10.3. The molecule has 3 nitrogen and oxygen atoms in total. The standard InChI is InChI=1S/C13H16BrN3S/c1-9-12(15)3-4-13(16-9)17(2)6-5-11-7-10(14)8-18-11/h3-4,7-8H,5-6,15H2,1-2H3. The Hall–Kier alpha value is -1.07. The Balaban J connectivity index is 1.99. The first-order valence-corrected chi connectivity index (χ1v) is 7.40. The quantitative estimate of drug-likeness (QED) is 0.935. The molecule has 0 saturated carbocycles. The van der Waals surface area contributed by atoms with Crippen LogP contribution in [0.3, 0.4) is 0 Å². The zero-order chi connectivity index (χ0) is 13.1. The first kappa shape index (κ1) is 13.4. The Morgan fingerprint density at radius 1 is 1.44 bits per heavy atom. The van der Waals surface area contributed by atoms with Gasteiger partial charge in [0, 0.05) is 28.3 Å². The maximum atomic E-state index is 5.77. The highest BCUT2D eigenvalue weighted by molar-refractivity contribution is 9.10. The summed E-state index contributed by atoms with van der Waals surface area (Å²) in [4.78, 5) is 8.01. The third-order valence-electron chi connectivity index (χ3n) is 2.82. The minimum Gasteiger partial charge on any atom is -0.397 e. The molecule has 2 aromatic rings. The van der Waals surface area contributed by atoms with E-state index in [0.717, 1.165) is 34.6 Å². The molecule has 2 aromatic heterocycles. The van der Waals surface area contributed by atoms with Gasteiger partial charge in [0.1, 0.15) is 5.82 Å². The maximum Gasteiger partial charge on any atom is 0.128 e. The van der Waals surface area contributed by atoms with Gasteiger partial charge in [-0.1, -0.05) is 0 Å². The Bertz CT molecular complexity index is 539. The van der Waals surface area contributed by atoms with E-state index in [1.165, 1.54) is 4.88 Å². The van der Waals surface area contributed by atoms with Crippen molar-refractivity contribution in [2.45, 2.75) is 13.3 Å². The third kappa shape index (κ3) is 3.23. The Kier molecular flexibility index (Phi) is 4.24. The molecule has 18 heavy (non-hydrogen) atoms. The second-order valence-corrected chi connectivity index (χ2v) is 6.16. The Morgan fingerprint density at radius 3 is 2.83 bits per heavy atom. The van der Waals surface area contributed by atoms with Gasteiger partial charge in [0.2, 0.25) is 0 Å². The van der Waals surface area contributed by atoms with Gasteiger partial charge in [-0.15, -0.1) is 11.3 Å². The van der Waals surface area contributed by atoms with Gasteiger partial charge >= 0.3 is 0 Å². The van der Waals surface area contributed by atoms with E-state index in [2.05, 4.69) is 44.3 Å². The fourth-order valence-corrected chi connectivity index (χ4v) is 3.09. The monoisotopic (exact) mass is 325 g/mol. The van der Waals surface area contributed by atoms with Gasteiger partial charge in [-0.05, 0) is 47.5 Å². The Morgan fingerprint density at radius 2 is 2.22 bits per heavy atom. The number of likely N-dealkylation sites (N-methyl/N-ethyl adjacent to an activating group) is 1. The number of pyridine rings is 1. The van der Waals surface area contributed by atoms with Gasteiger partial charge in [-0.3, -0.25) is 0 Å². The smallest absolute Gasteiger partial charge is 0.128 e. The van der Waals surface area contributed by atoms with Crippen LogP contribution in [-0.2, 0) is 6.42 Å². The second-order valence-electron chi connectivity index (χ2n) is 4.25. The predicted octanol–water partition coefficient (Wildman–Crippen LogP) is 3.48. The number of nitrogens with two attached hydrogens (primary N) is 1. The van der Waals surface area contributed by atoms with Crippen molar-refractivity contribution in [1.82, 2.24) is 4.98 Å². The van der Waals surface area contributed by atoms with E-state index in [1.54, 1.807) is 11.3 Å². The van der Waals surface area contributed by atoms with Crippen LogP contribution >= 0.6 is 27.3 Å². The van der Waals surface area contributed by atoms with Crippen molar-refractivity contribution in [1.29, 1.82) is 0 Å². The molecule has 0 aliphatic heterocycles. The average Bonchev–Trinajstić information content (AvgIpc) is 2.75. The van der Waals surface area contributed by atoms with E-state index >= 15 is 0 Å². The number of rotatable bonds is 4. The molecule has 0 aromatic carbocycles. The van der Waals surface area contributed by atoms with Crippen molar-refractivity contribution in [2.75, 3.05) is 24.2 Å². The van der Waals surface area contributed by atoms with Crippen LogP contribution in [-0.4, -0.2) is 18.6 Å². The molecule has 5 heteroatoms. The normalized spacial score (nSPS) is 10.6. The zero-order valence-corrected chi connectivity index (χ0v) is 12.9. The van der Waals surface area contributed by atoms with Crippen LogP contribution in [0.4, 0.5) is 11.5 Å². The van der Waals surface area contributed by atoms with Crippen molar-refractivity contribution in [2.24, 2.45) is 0 Å². The number of nitrogens with zero attached hydrogens (tertiary/aromatic N) is 2. The second kappa shape index (κ2) is 5.71. The number of halogens is 1. The van der Waals surface area contributed by atoms with E-state index in [9.17, 15) is 0 Å². The SMILES string of the molecule is Cc1nc(N(C)CCc2cc(Br)cs2)ccc1N. The highest BCUT2D eigenvalue weighted by Gasteiger charge is 2.05. The van der Waals surface area contributed by atoms with Crippen molar-refractivity contribution >= 4 is 38.8 Å². The number of aryl methyl sites for hydroxylation is 1. The minimum atomic E-state index is 0.745. The summed E-state index contributed by atoms with van der Waals surface area (Å²) in [6.45, 7) is 2.88. The highest BCUT2D eigenvalue weighted by Crippen LogP contribution is 2.21. The van der Waals surface area contributed by atoms with Crippen LogP contribution in [0.2, 0.25) is 0 Å². The molecule has 0 aliphatic rings. The molecule has 0 bridgehead atoms. The minimum absolute atomic E-state index is 0.745. The summed E-state index contributed by atoms with van der Waals surface area (Å²) in [5, 5.41) is 2.11. The molecule has 0 aliphatic carbocycles. The lowest BCUT2D eigenvalue weighted by Gasteiger charge is -2.18. The summed E-state index contributed by atoms with van der Waals surface area (Å²) in [7, 11) is 2.06. The Labute approximate surface area is 120 Å². The zero-order valence-electron chi connectivity index (χ0n) is 10.5. The van der Waals surface area contributed by atoms with Crippen molar-refractivity contribution in [3.05, 3.63) is 38.6 Å². The van der Waals surface area contributed by atoms with Gasteiger partial charge in [-0.2, -0.15) is 0 Å². The first-order valence-electron chi connectivity index (χ1n) is 5.73. The number of hydrogen-bond acceptors (Lipinski definition) is 4. The van der Waals surface area contributed by atoms with Crippen LogP contribution in [0.15, 0.2) is 28.1 Å². The summed E-state index contributed by atoms with van der Waals surface area (Å²) in [6.07, 6.45) is 1.03. The lowest BCUT2D eigenvalue weighted by Crippen LogP contribution is -2.21. The van der Waals surface area contributed by atoms with E-state index in [1.807, 2.05) is 19.1 Å². The predicted molar refractivity (Wildman–Crippen MR) is 82.4 cm³/mol. The highest BCUT2D eigenvalue weighted by atomic mass is 79.9. The molecule has 96 valence electrons. The van der Waals surface area contributed by atoms with Crippen LogP contribution in [0.5, 0.6) is 0 Å². The van der Waals surface area contributed by atoms with Crippen LogP contribution in [0, 0.1) is 6.92 Å².